The SMILES string of the molecule is O=C1C=CC=C2C=c3c(O)cc4cc5cc6ccccc6cc5cc4c3=CC12. The summed E-state index contributed by atoms with van der Waals surface area (Å²) in [6.07, 6.45) is 9.29. The maximum absolute atomic E-state index is 12.4. The van der Waals surface area contributed by atoms with Gasteiger partial charge in [0.25, 0.3) is 0 Å². The van der Waals surface area contributed by atoms with Gasteiger partial charge in [0, 0.05) is 5.22 Å². The van der Waals surface area contributed by atoms with Crippen LogP contribution in [0.3, 0.4) is 0 Å². The van der Waals surface area contributed by atoms with E-state index in [2.05, 4.69) is 36.4 Å². The molecule has 1 N–H and O–H groups in total. The zero-order valence-electron chi connectivity index (χ0n) is 15.0. The minimum Gasteiger partial charge on any atom is -0.507 e. The first-order chi connectivity index (χ1) is 13.7. The molecule has 1 atom stereocenters. The standard InChI is InChI=1S/C26H16O2/c27-25-7-3-6-17-11-24-23(14-22(17)25)21-12-19-9-16-5-2-1-4-15(16)8-18(19)10-20(21)13-26(24)28/h1-14,22,28H. The van der Waals surface area contributed by atoms with E-state index in [1.807, 2.05) is 36.4 Å². The molecular weight excluding hydrogens is 344 g/mol. The number of phenols is 1. The van der Waals surface area contributed by atoms with Gasteiger partial charge in [-0.25, -0.2) is 0 Å². The summed E-state index contributed by atoms with van der Waals surface area (Å²) in [5, 5.41) is 19.1. The van der Waals surface area contributed by atoms with Crippen molar-refractivity contribution in [1.29, 1.82) is 0 Å². The molecule has 0 fully saturated rings. The maximum atomic E-state index is 12.4. The van der Waals surface area contributed by atoms with E-state index in [1.54, 1.807) is 12.2 Å². The number of benzene rings is 4. The van der Waals surface area contributed by atoms with Crippen molar-refractivity contribution in [2.45, 2.75) is 0 Å². The summed E-state index contributed by atoms with van der Waals surface area (Å²) in [5.74, 6) is 0.0673. The lowest BCUT2D eigenvalue weighted by molar-refractivity contribution is -0.115. The highest BCUT2D eigenvalue weighted by molar-refractivity contribution is 6.07. The van der Waals surface area contributed by atoms with E-state index in [1.165, 1.54) is 10.8 Å². The van der Waals surface area contributed by atoms with E-state index in [-0.39, 0.29) is 17.5 Å². The summed E-state index contributed by atoms with van der Waals surface area (Å²) in [4.78, 5) is 12.4. The molecular formula is C26H16O2. The van der Waals surface area contributed by atoms with E-state index in [0.29, 0.717) is 0 Å². The molecule has 2 heteroatoms. The van der Waals surface area contributed by atoms with E-state index < -0.39 is 0 Å². The zero-order valence-corrected chi connectivity index (χ0v) is 15.0. The number of rotatable bonds is 0. The summed E-state index contributed by atoms with van der Waals surface area (Å²) in [6.45, 7) is 0. The lowest BCUT2D eigenvalue weighted by Crippen LogP contribution is -2.33. The second-order valence-electron chi connectivity index (χ2n) is 7.56. The molecule has 0 saturated carbocycles. The molecule has 4 aromatic rings. The molecule has 0 amide bonds. The minimum absolute atomic E-state index is 0.0858. The van der Waals surface area contributed by atoms with Crippen LogP contribution < -0.4 is 10.4 Å². The lowest BCUT2D eigenvalue weighted by atomic mass is 9.84. The highest BCUT2D eigenvalue weighted by Gasteiger charge is 2.23. The normalized spacial score (nSPS) is 17.8. The Morgan fingerprint density at radius 2 is 1.50 bits per heavy atom. The number of allylic oxidation sites excluding steroid dienone is 4. The highest BCUT2D eigenvalue weighted by Crippen LogP contribution is 2.29. The van der Waals surface area contributed by atoms with Crippen molar-refractivity contribution < 1.29 is 9.90 Å². The summed E-state index contributed by atoms with van der Waals surface area (Å²) in [6, 6.07) is 18.8. The Morgan fingerprint density at radius 3 is 2.29 bits per heavy atom. The molecule has 0 heterocycles. The van der Waals surface area contributed by atoms with Gasteiger partial charge in [-0.2, -0.15) is 0 Å². The molecule has 0 radical (unpaired) electrons. The molecule has 4 aromatic carbocycles. The molecule has 28 heavy (non-hydrogen) atoms. The minimum atomic E-state index is -0.269. The molecule has 1 unspecified atom stereocenters. The number of aromatic hydroxyl groups is 1. The Hall–Kier alpha value is -3.65. The molecule has 0 bridgehead atoms. The molecule has 6 rings (SSSR count). The van der Waals surface area contributed by atoms with Crippen LogP contribution in [-0.4, -0.2) is 10.9 Å². The summed E-state index contributed by atoms with van der Waals surface area (Å²) in [7, 11) is 0. The van der Waals surface area contributed by atoms with Gasteiger partial charge in [0.1, 0.15) is 5.75 Å². The second-order valence-corrected chi connectivity index (χ2v) is 7.56. The van der Waals surface area contributed by atoms with Crippen molar-refractivity contribution >= 4 is 50.3 Å². The molecule has 0 aromatic heterocycles. The smallest absolute Gasteiger partial charge is 0.166 e. The molecule has 0 aliphatic heterocycles. The molecule has 2 aliphatic carbocycles. The van der Waals surface area contributed by atoms with Gasteiger partial charge in [-0.05, 0) is 85.6 Å². The van der Waals surface area contributed by atoms with E-state index in [4.69, 9.17) is 0 Å². The number of hydrogen-bond donors (Lipinski definition) is 1. The van der Waals surface area contributed by atoms with Crippen molar-refractivity contribution in [2.24, 2.45) is 5.92 Å². The van der Waals surface area contributed by atoms with Gasteiger partial charge in [0.2, 0.25) is 0 Å². The largest absolute Gasteiger partial charge is 0.507 e. The number of carbonyl (C=O) groups is 1. The highest BCUT2D eigenvalue weighted by atomic mass is 16.3. The van der Waals surface area contributed by atoms with Gasteiger partial charge >= 0.3 is 0 Å². The quantitative estimate of drug-likeness (QED) is 0.479. The van der Waals surface area contributed by atoms with Crippen molar-refractivity contribution in [2.75, 3.05) is 0 Å². The van der Waals surface area contributed by atoms with Crippen molar-refractivity contribution in [3.8, 4) is 5.75 Å². The topological polar surface area (TPSA) is 37.3 Å². The van der Waals surface area contributed by atoms with Crippen LogP contribution in [0.5, 0.6) is 5.75 Å². The summed E-state index contributed by atoms with van der Waals surface area (Å²) in [5.41, 5.74) is 0.932. The molecule has 2 nitrogen and oxygen atoms in total. The van der Waals surface area contributed by atoms with E-state index in [0.717, 1.165) is 37.6 Å². The van der Waals surface area contributed by atoms with Crippen LogP contribution in [0, 0.1) is 5.92 Å². The van der Waals surface area contributed by atoms with Crippen LogP contribution >= 0.6 is 0 Å². The van der Waals surface area contributed by atoms with Crippen molar-refractivity contribution in [3.05, 3.63) is 88.8 Å². The van der Waals surface area contributed by atoms with E-state index >= 15 is 0 Å². The summed E-state index contributed by atoms with van der Waals surface area (Å²) < 4.78 is 0. The lowest BCUT2D eigenvalue weighted by Gasteiger charge is -2.19. The molecule has 132 valence electrons. The molecule has 2 aliphatic rings. The Balaban J connectivity index is 1.75. The van der Waals surface area contributed by atoms with Gasteiger partial charge in [-0.3, -0.25) is 4.79 Å². The Bertz CT molecular complexity index is 1530. The number of ketones is 1. The third-order valence-electron chi connectivity index (χ3n) is 5.88. The second kappa shape index (κ2) is 5.43. The Kier molecular flexibility index (Phi) is 2.99. The maximum Gasteiger partial charge on any atom is 0.166 e. The monoisotopic (exact) mass is 360 g/mol. The van der Waals surface area contributed by atoms with Crippen LogP contribution in [0.15, 0.2) is 78.4 Å². The van der Waals surface area contributed by atoms with Gasteiger partial charge < -0.3 is 5.11 Å². The number of fused-ring (bicyclic) bond motifs is 6. The van der Waals surface area contributed by atoms with Crippen LogP contribution in [0.2, 0.25) is 0 Å². The third kappa shape index (κ3) is 2.12. The fourth-order valence-electron chi connectivity index (χ4n) is 4.48. The van der Waals surface area contributed by atoms with E-state index in [9.17, 15) is 9.90 Å². The van der Waals surface area contributed by atoms with Crippen LogP contribution in [-0.2, 0) is 4.79 Å². The predicted octanol–water partition coefficient (Wildman–Crippen LogP) is 4.11. The average Bonchev–Trinajstić information content (AvgIpc) is 2.71. The van der Waals surface area contributed by atoms with Crippen LogP contribution in [0.4, 0.5) is 0 Å². The fourth-order valence-corrected chi connectivity index (χ4v) is 4.48. The zero-order chi connectivity index (χ0) is 18.8. The predicted molar refractivity (Wildman–Crippen MR) is 115 cm³/mol. The average molecular weight is 360 g/mol. The number of carbonyl (C=O) groups excluding carboxylic acids is 1. The van der Waals surface area contributed by atoms with Crippen molar-refractivity contribution in [3.63, 3.8) is 0 Å². The third-order valence-corrected chi connectivity index (χ3v) is 5.88. The van der Waals surface area contributed by atoms with Crippen molar-refractivity contribution in [1.82, 2.24) is 0 Å². The summed E-state index contributed by atoms with van der Waals surface area (Å²) >= 11 is 0. The molecule has 0 spiro atoms. The first kappa shape index (κ1) is 15.4. The number of hydrogen-bond acceptors (Lipinski definition) is 2. The Morgan fingerprint density at radius 1 is 0.786 bits per heavy atom. The first-order valence-electron chi connectivity index (χ1n) is 9.41. The number of phenolic OH excluding ortho intramolecular Hbond substituents is 1. The van der Waals surface area contributed by atoms with Crippen LogP contribution in [0.1, 0.15) is 0 Å². The fraction of sp³-hybridized carbons (Fsp3) is 0.0385. The Labute approximate surface area is 161 Å². The van der Waals surface area contributed by atoms with Crippen LogP contribution in [0.25, 0.3) is 44.5 Å². The van der Waals surface area contributed by atoms with Gasteiger partial charge in [0.15, 0.2) is 5.78 Å². The van der Waals surface area contributed by atoms with Gasteiger partial charge in [-0.15, -0.1) is 0 Å². The van der Waals surface area contributed by atoms with Gasteiger partial charge in [0.05, 0.1) is 5.92 Å². The molecule has 0 saturated heterocycles. The van der Waals surface area contributed by atoms with Gasteiger partial charge in [-0.1, -0.05) is 42.5 Å². The first-order valence-corrected chi connectivity index (χ1v) is 9.41.